The van der Waals surface area contributed by atoms with Crippen LogP contribution in [-0.4, -0.2) is 37.1 Å². The lowest BCUT2D eigenvalue weighted by atomic mass is 10.0. The molecule has 3 aromatic carbocycles. The van der Waals surface area contributed by atoms with Crippen LogP contribution >= 0.6 is 11.6 Å². The molecule has 1 heterocycles. The van der Waals surface area contributed by atoms with Crippen LogP contribution in [0.4, 0.5) is 10.1 Å². The van der Waals surface area contributed by atoms with Gasteiger partial charge in [0.25, 0.3) is 5.91 Å². The summed E-state index contributed by atoms with van der Waals surface area (Å²) in [5, 5.41) is 10.2. The van der Waals surface area contributed by atoms with E-state index in [0.29, 0.717) is 44.6 Å². The van der Waals surface area contributed by atoms with Crippen molar-refractivity contribution in [3.05, 3.63) is 71.0 Å². The maximum Gasteiger partial charge on any atom is 0.264 e. The van der Waals surface area contributed by atoms with Gasteiger partial charge in [0.05, 0.1) is 24.0 Å². The predicted molar refractivity (Wildman–Crippen MR) is 124 cm³/mol. The second-order valence-electron chi connectivity index (χ2n) is 8.28. The summed E-state index contributed by atoms with van der Waals surface area (Å²) in [5.41, 5.74) is 0.871. The maximum absolute atomic E-state index is 14.3. The summed E-state index contributed by atoms with van der Waals surface area (Å²) in [6.45, 7) is 3.34. The summed E-state index contributed by atoms with van der Waals surface area (Å²) >= 11 is 5.84. The highest BCUT2D eigenvalue weighted by molar-refractivity contribution is 6.30. The molecule has 1 N–H and O–H groups in total. The fourth-order valence-corrected chi connectivity index (χ4v) is 3.60. The van der Waals surface area contributed by atoms with Crippen LogP contribution in [0.2, 0.25) is 5.02 Å². The Labute approximate surface area is 196 Å². The number of halogens is 2. The third-order valence-electron chi connectivity index (χ3n) is 5.09. The molecule has 0 saturated carbocycles. The first-order chi connectivity index (χ1) is 15.7. The Balaban J connectivity index is 1.59. The highest BCUT2D eigenvalue weighted by Gasteiger charge is 2.28. The quantitative estimate of drug-likeness (QED) is 0.528. The molecule has 0 unspecified atom stereocenters. The number of amides is 1. The highest BCUT2D eigenvalue weighted by atomic mass is 35.5. The summed E-state index contributed by atoms with van der Waals surface area (Å²) in [5.74, 6) is 0.532. The molecule has 0 spiro atoms. The number of methoxy groups -OCH3 is 1. The molecular formula is C25H23ClFNO5. The minimum atomic E-state index is -1.00. The lowest BCUT2D eigenvalue weighted by molar-refractivity contribution is 0.0276. The molecule has 3 aromatic rings. The molecular weight excluding hydrogens is 449 g/mol. The molecule has 6 nitrogen and oxygen atoms in total. The van der Waals surface area contributed by atoms with Gasteiger partial charge in [-0.2, -0.15) is 0 Å². The SMILES string of the molecule is COc1cc(N2COc3cc(-c4ccc(Cl)cc4F)ccc3C2=O)ccc1OCC(C)(C)O. The summed E-state index contributed by atoms with van der Waals surface area (Å²) in [6, 6.07) is 14.4. The van der Waals surface area contributed by atoms with Crippen molar-refractivity contribution < 1.29 is 28.5 Å². The van der Waals surface area contributed by atoms with Crippen LogP contribution in [0.25, 0.3) is 11.1 Å². The first-order valence-electron chi connectivity index (χ1n) is 10.2. The number of aliphatic hydroxyl groups is 1. The average Bonchev–Trinajstić information content (AvgIpc) is 2.77. The van der Waals surface area contributed by atoms with Gasteiger partial charge in [0.2, 0.25) is 0 Å². The highest BCUT2D eigenvalue weighted by Crippen LogP contribution is 2.37. The third-order valence-corrected chi connectivity index (χ3v) is 5.32. The van der Waals surface area contributed by atoms with Gasteiger partial charge >= 0.3 is 0 Å². The van der Waals surface area contributed by atoms with Gasteiger partial charge in [-0.3, -0.25) is 9.69 Å². The molecule has 0 aliphatic carbocycles. The van der Waals surface area contributed by atoms with Crippen LogP contribution in [0, 0.1) is 5.82 Å². The molecule has 0 bridgehead atoms. The number of carbonyl (C=O) groups excluding carboxylic acids is 1. The van der Waals surface area contributed by atoms with Gasteiger partial charge in [0.15, 0.2) is 18.2 Å². The van der Waals surface area contributed by atoms with Crippen LogP contribution < -0.4 is 19.1 Å². The lowest BCUT2D eigenvalue weighted by Gasteiger charge is -2.29. The van der Waals surface area contributed by atoms with Crippen molar-refractivity contribution >= 4 is 23.2 Å². The number of carbonyl (C=O) groups is 1. The van der Waals surface area contributed by atoms with Crippen LogP contribution in [0.15, 0.2) is 54.6 Å². The normalized spacial score (nSPS) is 13.4. The second-order valence-corrected chi connectivity index (χ2v) is 8.71. The van der Waals surface area contributed by atoms with Crippen molar-refractivity contribution in [1.29, 1.82) is 0 Å². The number of ether oxygens (including phenoxy) is 3. The van der Waals surface area contributed by atoms with E-state index in [1.54, 1.807) is 62.4 Å². The van der Waals surface area contributed by atoms with E-state index in [-0.39, 0.29) is 19.2 Å². The van der Waals surface area contributed by atoms with Crippen LogP contribution in [0.5, 0.6) is 17.2 Å². The molecule has 0 aromatic heterocycles. The molecule has 1 aliphatic heterocycles. The van der Waals surface area contributed by atoms with Crippen molar-refractivity contribution in [2.75, 3.05) is 25.3 Å². The predicted octanol–water partition coefficient (Wildman–Crippen LogP) is 5.30. The van der Waals surface area contributed by atoms with Crippen molar-refractivity contribution in [3.8, 4) is 28.4 Å². The Kier molecular flexibility index (Phi) is 6.19. The number of hydrogen-bond acceptors (Lipinski definition) is 5. The van der Waals surface area contributed by atoms with E-state index in [9.17, 15) is 14.3 Å². The van der Waals surface area contributed by atoms with Crippen LogP contribution in [0.1, 0.15) is 24.2 Å². The summed E-state index contributed by atoms with van der Waals surface area (Å²) < 4.78 is 31.2. The van der Waals surface area contributed by atoms with Gasteiger partial charge in [-0.05, 0) is 61.9 Å². The molecule has 172 valence electrons. The number of fused-ring (bicyclic) bond motifs is 1. The largest absolute Gasteiger partial charge is 0.493 e. The van der Waals surface area contributed by atoms with E-state index in [2.05, 4.69) is 0 Å². The number of nitrogens with zero attached hydrogens (tertiary/aromatic N) is 1. The van der Waals surface area contributed by atoms with Crippen molar-refractivity contribution in [2.45, 2.75) is 19.4 Å². The van der Waals surface area contributed by atoms with Crippen molar-refractivity contribution in [1.82, 2.24) is 0 Å². The molecule has 0 fully saturated rings. The molecule has 0 atom stereocenters. The van der Waals surface area contributed by atoms with Gasteiger partial charge in [0, 0.05) is 16.7 Å². The molecule has 1 amide bonds. The number of benzene rings is 3. The number of anilines is 1. The summed E-state index contributed by atoms with van der Waals surface area (Å²) in [6.07, 6.45) is 0. The van der Waals surface area contributed by atoms with E-state index < -0.39 is 11.4 Å². The average molecular weight is 472 g/mol. The van der Waals surface area contributed by atoms with Gasteiger partial charge in [0.1, 0.15) is 18.2 Å². The fourth-order valence-electron chi connectivity index (χ4n) is 3.44. The Morgan fingerprint density at radius 3 is 2.55 bits per heavy atom. The smallest absolute Gasteiger partial charge is 0.264 e. The minimum Gasteiger partial charge on any atom is -0.493 e. The molecule has 33 heavy (non-hydrogen) atoms. The Bertz CT molecular complexity index is 1210. The standard InChI is InChI=1S/C25H23ClFNO5/c1-25(2,30)13-32-21-9-6-17(12-23(21)31-3)28-14-33-22-10-15(4-7-19(22)24(28)29)18-8-5-16(26)11-20(18)27/h4-12,30H,13-14H2,1-3H3. The topological polar surface area (TPSA) is 68.2 Å². The van der Waals surface area contributed by atoms with E-state index in [1.165, 1.54) is 18.1 Å². The summed E-state index contributed by atoms with van der Waals surface area (Å²) in [4.78, 5) is 14.6. The van der Waals surface area contributed by atoms with Gasteiger partial charge in [-0.25, -0.2) is 4.39 Å². The minimum absolute atomic E-state index is 0.0224. The Morgan fingerprint density at radius 2 is 1.85 bits per heavy atom. The van der Waals surface area contributed by atoms with Crippen LogP contribution in [0.3, 0.4) is 0 Å². The first-order valence-corrected chi connectivity index (χ1v) is 10.6. The molecule has 0 radical (unpaired) electrons. The number of hydrogen-bond donors (Lipinski definition) is 1. The zero-order chi connectivity index (χ0) is 23.8. The summed E-state index contributed by atoms with van der Waals surface area (Å²) in [7, 11) is 1.50. The maximum atomic E-state index is 14.3. The van der Waals surface area contributed by atoms with Gasteiger partial charge in [-0.15, -0.1) is 0 Å². The third kappa shape index (κ3) is 4.89. The monoisotopic (exact) mass is 471 g/mol. The molecule has 4 rings (SSSR count). The van der Waals surface area contributed by atoms with E-state index in [4.69, 9.17) is 25.8 Å². The second kappa shape index (κ2) is 8.92. The van der Waals surface area contributed by atoms with Crippen molar-refractivity contribution in [2.24, 2.45) is 0 Å². The van der Waals surface area contributed by atoms with Gasteiger partial charge in [-0.1, -0.05) is 17.7 Å². The number of rotatable bonds is 6. The fraction of sp³-hybridized carbons (Fsp3) is 0.240. The van der Waals surface area contributed by atoms with E-state index >= 15 is 0 Å². The zero-order valence-corrected chi connectivity index (χ0v) is 19.1. The van der Waals surface area contributed by atoms with Gasteiger partial charge < -0.3 is 19.3 Å². The van der Waals surface area contributed by atoms with Crippen LogP contribution in [-0.2, 0) is 0 Å². The first kappa shape index (κ1) is 22.9. The Morgan fingerprint density at radius 1 is 1.09 bits per heavy atom. The lowest BCUT2D eigenvalue weighted by Crippen LogP contribution is -2.38. The molecule has 8 heteroatoms. The molecule has 1 aliphatic rings. The van der Waals surface area contributed by atoms with E-state index in [0.717, 1.165) is 0 Å². The zero-order valence-electron chi connectivity index (χ0n) is 18.4. The Hall–Kier alpha value is -3.29. The van der Waals surface area contributed by atoms with Crippen molar-refractivity contribution in [3.63, 3.8) is 0 Å². The van der Waals surface area contributed by atoms with E-state index in [1.807, 2.05) is 0 Å². The molecule has 0 saturated heterocycles.